The minimum absolute atomic E-state index is 0.271. The van der Waals surface area contributed by atoms with E-state index in [-0.39, 0.29) is 12.0 Å². The van der Waals surface area contributed by atoms with E-state index in [1.807, 2.05) is 36.4 Å². The van der Waals surface area contributed by atoms with Crippen LogP contribution < -0.4 is 11.5 Å². The van der Waals surface area contributed by atoms with Crippen molar-refractivity contribution < 1.29 is 14.4 Å². The third-order valence-corrected chi connectivity index (χ3v) is 8.26. The normalized spacial score (nSPS) is 15.6. The zero-order chi connectivity index (χ0) is 29.6. The van der Waals surface area contributed by atoms with E-state index in [1.165, 1.54) is 18.4 Å². The van der Waals surface area contributed by atoms with Crippen LogP contribution in [0.5, 0.6) is 0 Å². The molecule has 1 saturated heterocycles. The number of piperidine rings is 1. The van der Waals surface area contributed by atoms with Crippen LogP contribution in [0.1, 0.15) is 77.7 Å². The van der Waals surface area contributed by atoms with Gasteiger partial charge in [-0.1, -0.05) is 99.7 Å². The summed E-state index contributed by atoms with van der Waals surface area (Å²) in [6.45, 7) is 10.2. The first kappa shape index (κ1) is 29.9. The molecule has 1 atom stereocenters. The van der Waals surface area contributed by atoms with E-state index >= 15 is 0 Å². The van der Waals surface area contributed by atoms with E-state index < -0.39 is 23.5 Å². The van der Waals surface area contributed by atoms with Gasteiger partial charge in [-0.15, -0.1) is 0 Å². The second-order valence-electron chi connectivity index (χ2n) is 12.1. The molecule has 4 N–H and O–H groups in total. The topological polar surface area (TPSA) is 106 Å². The maximum atomic E-state index is 13.0. The number of carbonyl (C=O) groups excluding carboxylic acids is 3. The van der Waals surface area contributed by atoms with Crippen LogP contribution in [0.25, 0.3) is 12.2 Å². The zero-order valence-corrected chi connectivity index (χ0v) is 24.3. The molecule has 3 aromatic carbocycles. The van der Waals surface area contributed by atoms with E-state index in [9.17, 15) is 14.4 Å². The van der Waals surface area contributed by atoms with Crippen molar-refractivity contribution in [2.24, 2.45) is 22.8 Å². The van der Waals surface area contributed by atoms with Crippen molar-refractivity contribution in [2.75, 3.05) is 13.1 Å². The predicted octanol–water partition coefficient (Wildman–Crippen LogP) is 5.59. The number of carbonyl (C=O) groups is 3. The number of rotatable bonds is 10. The summed E-state index contributed by atoms with van der Waals surface area (Å²) in [7, 11) is 0. The molecule has 1 aliphatic heterocycles. The minimum atomic E-state index is -1.01. The predicted molar refractivity (Wildman–Crippen MR) is 165 cm³/mol. The second kappa shape index (κ2) is 13.1. The summed E-state index contributed by atoms with van der Waals surface area (Å²) in [6, 6.07) is 22.8. The van der Waals surface area contributed by atoms with Crippen molar-refractivity contribution in [1.29, 1.82) is 0 Å². The lowest BCUT2D eigenvalue weighted by molar-refractivity contribution is -0.136. The number of Topliss-reactive ketones (excluding diaryl/α,β-unsaturated/α-hetero) is 1. The Morgan fingerprint density at radius 2 is 1.51 bits per heavy atom. The number of likely N-dealkylation sites (tertiary alicyclic amines) is 1. The zero-order valence-electron chi connectivity index (χ0n) is 24.3. The highest BCUT2D eigenvalue weighted by Gasteiger charge is 2.29. The van der Waals surface area contributed by atoms with Crippen LogP contribution in [-0.2, 0) is 22.6 Å². The smallest absolute Gasteiger partial charge is 0.285 e. The van der Waals surface area contributed by atoms with E-state index in [0.29, 0.717) is 16.5 Å². The largest absolute Gasteiger partial charge is 0.366 e. The van der Waals surface area contributed by atoms with Gasteiger partial charge >= 0.3 is 0 Å². The molecule has 0 bridgehead atoms. The van der Waals surface area contributed by atoms with Gasteiger partial charge in [0.15, 0.2) is 0 Å². The van der Waals surface area contributed by atoms with Gasteiger partial charge in [-0.05, 0) is 77.6 Å². The summed E-state index contributed by atoms with van der Waals surface area (Å²) in [4.78, 5) is 39.9. The molecule has 0 saturated carbocycles. The van der Waals surface area contributed by atoms with Crippen LogP contribution in [0, 0.1) is 11.3 Å². The van der Waals surface area contributed by atoms with Gasteiger partial charge in [0.1, 0.15) is 0 Å². The molecular formula is C35H41N3O3. The lowest BCUT2D eigenvalue weighted by Gasteiger charge is -2.38. The number of nitrogens with two attached hydrogens (primary N) is 2. The quantitative estimate of drug-likeness (QED) is 0.253. The van der Waals surface area contributed by atoms with E-state index in [4.69, 9.17) is 11.5 Å². The molecular weight excluding hydrogens is 510 g/mol. The number of hydrogen-bond acceptors (Lipinski definition) is 4. The van der Waals surface area contributed by atoms with Crippen LogP contribution in [0.15, 0.2) is 72.8 Å². The fraction of sp³-hybridized carbons (Fsp3) is 0.343. The lowest BCUT2D eigenvalue weighted by atomic mass is 9.75. The Morgan fingerprint density at radius 1 is 0.854 bits per heavy atom. The summed E-state index contributed by atoms with van der Waals surface area (Å²) in [5, 5.41) is 0. The van der Waals surface area contributed by atoms with E-state index in [1.54, 1.807) is 24.3 Å². The van der Waals surface area contributed by atoms with Crippen LogP contribution in [0.3, 0.4) is 0 Å². The van der Waals surface area contributed by atoms with E-state index in [0.717, 1.165) is 36.7 Å². The van der Waals surface area contributed by atoms with Gasteiger partial charge in [0.25, 0.3) is 5.91 Å². The van der Waals surface area contributed by atoms with Gasteiger partial charge in [0.2, 0.25) is 11.7 Å². The molecule has 214 valence electrons. The Kier molecular flexibility index (Phi) is 9.56. The number of benzene rings is 3. The van der Waals surface area contributed by atoms with Crippen molar-refractivity contribution >= 4 is 29.7 Å². The van der Waals surface area contributed by atoms with Gasteiger partial charge in [0.05, 0.1) is 5.92 Å². The summed E-state index contributed by atoms with van der Waals surface area (Å²) in [6.07, 6.45) is 6.43. The summed E-state index contributed by atoms with van der Waals surface area (Å²) in [5.41, 5.74) is 16.0. The highest BCUT2D eigenvalue weighted by molar-refractivity contribution is 6.37. The average Bonchev–Trinajstić information content (AvgIpc) is 2.95. The number of hydrogen-bond donors (Lipinski definition) is 2. The Balaban J connectivity index is 1.56. The maximum absolute atomic E-state index is 13.0. The lowest BCUT2D eigenvalue weighted by Crippen LogP contribution is -2.37. The molecule has 1 heterocycles. The van der Waals surface area contributed by atoms with Crippen molar-refractivity contribution in [3.8, 4) is 0 Å². The highest BCUT2D eigenvalue weighted by Crippen LogP contribution is 2.34. The number of amides is 2. The molecule has 4 rings (SSSR count). The maximum Gasteiger partial charge on any atom is 0.285 e. The molecule has 6 nitrogen and oxygen atoms in total. The van der Waals surface area contributed by atoms with Crippen molar-refractivity contribution in [3.05, 3.63) is 106 Å². The van der Waals surface area contributed by atoms with Crippen LogP contribution >= 0.6 is 0 Å². The van der Waals surface area contributed by atoms with Crippen molar-refractivity contribution in [3.63, 3.8) is 0 Å². The molecule has 0 aromatic heterocycles. The average molecular weight is 552 g/mol. The molecule has 0 radical (unpaired) electrons. The Labute approximate surface area is 243 Å². The molecule has 0 aliphatic carbocycles. The number of primary amides is 2. The molecule has 2 amide bonds. The monoisotopic (exact) mass is 551 g/mol. The summed E-state index contributed by atoms with van der Waals surface area (Å²) in [5.74, 6) is -2.41. The van der Waals surface area contributed by atoms with Gasteiger partial charge in [-0.25, -0.2) is 0 Å². The summed E-state index contributed by atoms with van der Waals surface area (Å²) >= 11 is 0. The third kappa shape index (κ3) is 7.80. The highest BCUT2D eigenvalue weighted by atomic mass is 16.2. The molecule has 1 unspecified atom stereocenters. The van der Waals surface area contributed by atoms with Gasteiger partial charge in [0, 0.05) is 12.1 Å². The SMILES string of the molecule is CC(C)(C)C1CCN(Cc2ccc(/C=C/c3c(C(N)=O)cccc3C(Cc3ccccc3)C(=O)C(N)=O)cc2)CC1. The fourth-order valence-electron chi connectivity index (χ4n) is 5.78. The van der Waals surface area contributed by atoms with Gasteiger partial charge in [-0.2, -0.15) is 0 Å². The first-order valence-electron chi connectivity index (χ1n) is 14.3. The number of ketones is 1. The first-order valence-corrected chi connectivity index (χ1v) is 14.3. The minimum Gasteiger partial charge on any atom is -0.366 e. The van der Waals surface area contributed by atoms with Crippen LogP contribution in [0.4, 0.5) is 0 Å². The second-order valence-corrected chi connectivity index (χ2v) is 12.1. The van der Waals surface area contributed by atoms with Crippen LogP contribution in [-0.4, -0.2) is 35.6 Å². The first-order chi connectivity index (χ1) is 19.5. The Morgan fingerprint density at radius 3 is 2.10 bits per heavy atom. The molecule has 3 aromatic rings. The van der Waals surface area contributed by atoms with Crippen molar-refractivity contribution in [1.82, 2.24) is 4.90 Å². The molecule has 1 aliphatic rings. The molecule has 6 heteroatoms. The van der Waals surface area contributed by atoms with Crippen LogP contribution in [0.2, 0.25) is 0 Å². The molecule has 0 spiro atoms. The van der Waals surface area contributed by atoms with Gasteiger partial charge < -0.3 is 11.5 Å². The third-order valence-electron chi connectivity index (χ3n) is 8.26. The Hall–Kier alpha value is -4.03. The van der Waals surface area contributed by atoms with Crippen molar-refractivity contribution in [2.45, 2.75) is 52.5 Å². The molecule has 1 fully saturated rings. The van der Waals surface area contributed by atoms with Gasteiger partial charge in [-0.3, -0.25) is 19.3 Å². The number of nitrogens with zero attached hydrogens (tertiary/aromatic N) is 1. The Bertz CT molecular complexity index is 1400. The summed E-state index contributed by atoms with van der Waals surface area (Å²) < 4.78 is 0. The standard InChI is InChI=1S/C35H41N3O3/c1-35(2,3)27-18-20-38(21-19-27)23-26-14-12-24(13-15-26)16-17-29-28(10-7-11-30(29)33(36)40)31(32(39)34(37)41)22-25-8-5-4-6-9-25/h4-17,27,31H,18-23H2,1-3H3,(H2,36,40)(H2,37,41)/b17-16+. The molecule has 41 heavy (non-hydrogen) atoms. The fourth-order valence-corrected chi connectivity index (χ4v) is 5.78. The van der Waals surface area contributed by atoms with E-state index in [2.05, 4.69) is 49.9 Å².